The van der Waals surface area contributed by atoms with Gasteiger partial charge in [0.1, 0.15) is 5.00 Å². The molecule has 0 aliphatic carbocycles. The lowest BCUT2D eigenvalue weighted by molar-refractivity contribution is -0.144. The van der Waals surface area contributed by atoms with Crippen molar-refractivity contribution in [1.82, 2.24) is 5.32 Å². The minimum Gasteiger partial charge on any atom is -0.465 e. The Kier molecular flexibility index (Phi) is 8.29. The number of hydrogen-bond donors (Lipinski definition) is 3. The Morgan fingerprint density at radius 1 is 1.14 bits per heavy atom. The average Bonchev–Trinajstić information content (AvgIpc) is 2.94. The molecule has 7 nitrogen and oxygen atoms in total. The van der Waals surface area contributed by atoms with Crippen molar-refractivity contribution >= 4 is 51.5 Å². The van der Waals surface area contributed by atoms with Crippen molar-refractivity contribution in [3.05, 3.63) is 51.9 Å². The lowest BCUT2D eigenvalue weighted by Crippen LogP contribution is -2.34. The van der Waals surface area contributed by atoms with Crippen molar-refractivity contribution < 1.29 is 19.1 Å². The molecule has 0 unspecified atom stereocenters. The second kappa shape index (κ2) is 10.7. The quantitative estimate of drug-likeness (QED) is 0.436. The van der Waals surface area contributed by atoms with Gasteiger partial charge in [-0.2, -0.15) is 0 Å². The molecule has 29 heavy (non-hydrogen) atoms. The van der Waals surface area contributed by atoms with Gasteiger partial charge in [-0.3, -0.25) is 14.4 Å². The third kappa shape index (κ3) is 6.95. The number of nitrogens with one attached hydrogen (secondary N) is 2. The number of thiocarbonyl (C=S) groups is 1. The molecule has 1 heterocycles. The largest absolute Gasteiger partial charge is 0.465 e. The SMILES string of the molecule is Cc1sc(NC(=S)NC(=O)CCC(=O)OCCc2ccccc2)c(C(N)=O)c1C. The summed E-state index contributed by atoms with van der Waals surface area (Å²) in [6, 6.07) is 9.67. The molecule has 2 amide bonds. The standard InChI is InChI=1S/C20H23N3O4S2/c1-12-13(2)29-19(17(12)18(21)26)23-20(28)22-15(24)8-9-16(25)27-11-10-14-6-4-3-5-7-14/h3-7H,8-11H2,1-2H3,(H2,21,26)(H2,22,23,24,28). The van der Waals surface area contributed by atoms with Crippen LogP contribution in [0.4, 0.5) is 5.00 Å². The maximum atomic E-state index is 12.0. The normalized spacial score (nSPS) is 10.3. The second-order valence-corrected chi connectivity index (χ2v) is 7.94. The van der Waals surface area contributed by atoms with Gasteiger partial charge in [0.15, 0.2) is 5.11 Å². The van der Waals surface area contributed by atoms with Crippen molar-refractivity contribution in [2.45, 2.75) is 33.1 Å². The monoisotopic (exact) mass is 433 g/mol. The predicted octanol–water partition coefficient (Wildman–Crippen LogP) is 2.84. The second-order valence-electron chi connectivity index (χ2n) is 6.31. The van der Waals surface area contributed by atoms with Crippen molar-refractivity contribution in [2.75, 3.05) is 11.9 Å². The number of carbonyl (C=O) groups is 3. The van der Waals surface area contributed by atoms with Crippen LogP contribution in [0.3, 0.4) is 0 Å². The molecule has 0 atom stereocenters. The summed E-state index contributed by atoms with van der Waals surface area (Å²) in [4.78, 5) is 36.3. The fraction of sp³-hybridized carbons (Fsp3) is 0.300. The van der Waals surface area contributed by atoms with E-state index in [1.165, 1.54) is 11.3 Å². The molecule has 0 saturated heterocycles. The number of nitrogens with two attached hydrogens (primary N) is 1. The maximum absolute atomic E-state index is 12.0. The van der Waals surface area contributed by atoms with Crippen molar-refractivity contribution in [3.63, 3.8) is 0 Å². The molecule has 0 aliphatic heterocycles. The Balaban J connectivity index is 1.73. The van der Waals surface area contributed by atoms with Gasteiger partial charge in [-0.25, -0.2) is 0 Å². The number of aryl methyl sites for hydroxylation is 1. The summed E-state index contributed by atoms with van der Waals surface area (Å²) in [5.74, 6) is -1.44. The highest BCUT2D eigenvalue weighted by Gasteiger charge is 2.18. The van der Waals surface area contributed by atoms with Crippen molar-refractivity contribution in [1.29, 1.82) is 0 Å². The first-order valence-electron chi connectivity index (χ1n) is 8.98. The number of benzene rings is 1. The highest BCUT2D eigenvalue weighted by molar-refractivity contribution is 7.80. The molecular formula is C20H23N3O4S2. The van der Waals surface area contributed by atoms with Gasteiger partial charge < -0.3 is 21.1 Å². The summed E-state index contributed by atoms with van der Waals surface area (Å²) in [5, 5.41) is 5.84. The first-order valence-corrected chi connectivity index (χ1v) is 10.2. The minimum absolute atomic E-state index is 0.0381. The number of primary amides is 1. The van der Waals surface area contributed by atoms with Crippen LogP contribution in [-0.4, -0.2) is 29.5 Å². The maximum Gasteiger partial charge on any atom is 0.306 e. The lowest BCUT2D eigenvalue weighted by Gasteiger charge is -2.09. The lowest BCUT2D eigenvalue weighted by atomic mass is 10.1. The predicted molar refractivity (Wildman–Crippen MR) is 117 cm³/mol. The Bertz CT molecular complexity index is 910. The van der Waals surface area contributed by atoms with E-state index in [0.29, 0.717) is 17.0 Å². The van der Waals surface area contributed by atoms with Crippen LogP contribution in [-0.2, 0) is 20.7 Å². The zero-order valence-electron chi connectivity index (χ0n) is 16.2. The number of hydrogen-bond acceptors (Lipinski definition) is 6. The molecule has 154 valence electrons. The molecule has 2 aromatic rings. The van der Waals surface area contributed by atoms with E-state index in [1.807, 2.05) is 37.3 Å². The summed E-state index contributed by atoms with van der Waals surface area (Å²) >= 11 is 6.44. The first-order chi connectivity index (χ1) is 13.8. The topological polar surface area (TPSA) is 111 Å². The van der Waals surface area contributed by atoms with E-state index < -0.39 is 17.8 Å². The van der Waals surface area contributed by atoms with Crippen LogP contribution in [0.25, 0.3) is 0 Å². The van der Waals surface area contributed by atoms with Crippen LogP contribution in [0.2, 0.25) is 0 Å². The van der Waals surface area contributed by atoms with Gasteiger partial charge in [-0.15, -0.1) is 11.3 Å². The highest BCUT2D eigenvalue weighted by Crippen LogP contribution is 2.31. The van der Waals surface area contributed by atoms with E-state index in [1.54, 1.807) is 6.92 Å². The molecule has 4 N–H and O–H groups in total. The Hall–Kier alpha value is -2.78. The summed E-state index contributed by atoms with van der Waals surface area (Å²) in [5.41, 5.74) is 7.61. The van der Waals surface area contributed by atoms with E-state index >= 15 is 0 Å². The number of anilines is 1. The molecule has 0 fully saturated rings. The Labute approximate surface area is 178 Å². The summed E-state index contributed by atoms with van der Waals surface area (Å²) in [6.07, 6.45) is 0.513. The molecule has 0 saturated carbocycles. The third-order valence-electron chi connectivity index (χ3n) is 4.16. The van der Waals surface area contributed by atoms with Gasteiger partial charge in [-0.1, -0.05) is 30.3 Å². The zero-order valence-corrected chi connectivity index (χ0v) is 17.9. The molecule has 0 bridgehead atoms. The van der Waals surface area contributed by atoms with Gasteiger partial charge in [0.2, 0.25) is 5.91 Å². The van der Waals surface area contributed by atoms with E-state index in [2.05, 4.69) is 10.6 Å². The molecule has 0 spiro atoms. The molecule has 0 aliphatic rings. The number of thiophene rings is 1. The van der Waals surface area contributed by atoms with E-state index in [-0.39, 0.29) is 24.6 Å². The summed E-state index contributed by atoms with van der Waals surface area (Å²) in [7, 11) is 0. The van der Waals surface area contributed by atoms with E-state index in [0.717, 1.165) is 16.0 Å². The zero-order chi connectivity index (χ0) is 21.4. The van der Waals surface area contributed by atoms with Crippen LogP contribution in [0.15, 0.2) is 30.3 Å². The summed E-state index contributed by atoms with van der Waals surface area (Å²) in [6.45, 7) is 3.92. The van der Waals surface area contributed by atoms with Gasteiger partial charge >= 0.3 is 5.97 Å². The van der Waals surface area contributed by atoms with Crippen LogP contribution < -0.4 is 16.4 Å². The fourth-order valence-electron chi connectivity index (χ4n) is 2.55. The fourth-order valence-corrected chi connectivity index (χ4v) is 3.90. The molecule has 9 heteroatoms. The Morgan fingerprint density at radius 3 is 2.48 bits per heavy atom. The van der Waals surface area contributed by atoms with Crippen LogP contribution in [0.1, 0.15) is 39.2 Å². The number of carbonyl (C=O) groups excluding carboxylic acids is 3. The molecule has 1 aromatic carbocycles. The van der Waals surface area contributed by atoms with Gasteiger partial charge in [-0.05, 0) is 37.2 Å². The number of amides is 2. The van der Waals surface area contributed by atoms with Crippen molar-refractivity contribution in [2.24, 2.45) is 5.73 Å². The van der Waals surface area contributed by atoms with Crippen LogP contribution in [0, 0.1) is 13.8 Å². The molecule has 2 rings (SSSR count). The van der Waals surface area contributed by atoms with Gasteiger partial charge in [0.05, 0.1) is 18.6 Å². The van der Waals surface area contributed by atoms with Gasteiger partial charge in [0.25, 0.3) is 5.91 Å². The number of ether oxygens (including phenoxy) is 1. The molecule has 1 aromatic heterocycles. The summed E-state index contributed by atoms with van der Waals surface area (Å²) < 4.78 is 5.14. The van der Waals surface area contributed by atoms with Crippen LogP contribution in [0.5, 0.6) is 0 Å². The smallest absolute Gasteiger partial charge is 0.306 e. The van der Waals surface area contributed by atoms with Crippen molar-refractivity contribution in [3.8, 4) is 0 Å². The number of esters is 1. The third-order valence-corrected chi connectivity index (χ3v) is 5.49. The van der Waals surface area contributed by atoms with Gasteiger partial charge in [0, 0.05) is 17.7 Å². The molecule has 0 radical (unpaired) electrons. The number of rotatable bonds is 8. The van der Waals surface area contributed by atoms with E-state index in [9.17, 15) is 14.4 Å². The highest BCUT2D eigenvalue weighted by atomic mass is 32.1. The first kappa shape index (κ1) is 22.5. The van der Waals surface area contributed by atoms with Crippen LogP contribution >= 0.6 is 23.6 Å². The minimum atomic E-state index is -0.568. The average molecular weight is 434 g/mol. The Morgan fingerprint density at radius 2 is 1.83 bits per heavy atom. The molecular weight excluding hydrogens is 410 g/mol. The van der Waals surface area contributed by atoms with E-state index in [4.69, 9.17) is 22.7 Å².